The number of likely N-dealkylation sites (tertiary alicyclic amines) is 1. The lowest BCUT2D eigenvalue weighted by atomic mass is 9.92. The fourth-order valence-corrected chi connectivity index (χ4v) is 2.85. The summed E-state index contributed by atoms with van der Waals surface area (Å²) < 4.78 is 0. The highest BCUT2D eigenvalue weighted by Gasteiger charge is 2.48. The summed E-state index contributed by atoms with van der Waals surface area (Å²) in [6, 6.07) is 5.95. The Balaban J connectivity index is 2.30. The highest BCUT2D eigenvalue weighted by molar-refractivity contribution is 5.99. The minimum atomic E-state index is -1.13. The molecule has 1 atom stereocenters. The van der Waals surface area contributed by atoms with Crippen molar-refractivity contribution in [1.29, 1.82) is 0 Å². The van der Waals surface area contributed by atoms with Gasteiger partial charge >= 0.3 is 5.97 Å². The smallest absolute Gasteiger partial charge is 0.329 e. The number of benzene rings is 1. The Labute approximate surface area is 122 Å². The van der Waals surface area contributed by atoms with Crippen LogP contribution in [0.5, 0.6) is 0 Å². The van der Waals surface area contributed by atoms with Gasteiger partial charge in [-0.3, -0.25) is 9.59 Å². The number of hydrogen-bond acceptors (Lipinski definition) is 3. The summed E-state index contributed by atoms with van der Waals surface area (Å²) in [5, 5.41) is 9.49. The SMILES string of the molecule is CCC1(C(=O)O)CCCN1C(=O)c1ccc(C(N)=O)cc1. The van der Waals surface area contributed by atoms with Crippen LogP contribution in [0.2, 0.25) is 0 Å². The van der Waals surface area contributed by atoms with Gasteiger partial charge < -0.3 is 15.7 Å². The largest absolute Gasteiger partial charge is 0.479 e. The lowest BCUT2D eigenvalue weighted by Crippen LogP contribution is -2.52. The molecule has 6 heteroatoms. The maximum Gasteiger partial charge on any atom is 0.329 e. The van der Waals surface area contributed by atoms with Crippen LogP contribution < -0.4 is 5.73 Å². The molecule has 1 unspecified atom stereocenters. The van der Waals surface area contributed by atoms with Gasteiger partial charge in [0.25, 0.3) is 5.91 Å². The zero-order valence-electron chi connectivity index (χ0n) is 11.8. The van der Waals surface area contributed by atoms with Gasteiger partial charge in [-0.1, -0.05) is 6.92 Å². The number of carbonyl (C=O) groups is 3. The molecule has 1 aromatic carbocycles. The number of amides is 2. The molecule has 112 valence electrons. The second kappa shape index (κ2) is 5.55. The molecule has 1 aliphatic heterocycles. The molecule has 3 N–H and O–H groups in total. The average Bonchev–Trinajstić information content (AvgIpc) is 2.91. The zero-order chi connectivity index (χ0) is 15.6. The highest BCUT2D eigenvalue weighted by Crippen LogP contribution is 2.34. The first-order chi connectivity index (χ1) is 9.92. The number of nitrogens with two attached hydrogens (primary N) is 1. The van der Waals surface area contributed by atoms with E-state index < -0.39 is 17.4 Å². The highest BCUT2D eigenvalue weighted by atomic mass is 16.4. The number of hydrogen-bond donors (Lipinski definition) is 2. The van der Waals surface area contributed by atoms with Crippen molar-refractivity contribution in [3.05, 3.63) is 35.4 Å². The Morgan fingerprint density at radius 1 is 1.24 bits per heavy atom. The number of carboxylic acids is 1. The minimum absolute atomic E-state index is 0.313. The molecule has 2 rings (SSSR count). The summed E-state index contributed by atoms with van der Waals surface area (Å²) >= 11 is 0. The number of nitrogens with zero attached hydrogens (tertiary/aromatic N) is 1. The van der Waals surface area contributed by atoms with Crippen LogP contribution in [0, 0.1) is 0 Å². The Morgan fingerprint density at radius 3 is 2.29 bits per heavy atom. The second-order valence-electron chi connectivity index (χ2n) is 5.19. The molecule has 0 radical (unpaired) electrons. The van der Waals surface area contributed by atoms with E-state index in [1.165, 1.54) is 29.2 Å². The van der Waals surface area contributed by atoms with Crippen LogP contribution in [0.4, 0.5) is 0 Å². The summed E-state index contributed by atoms with van der Waals surface area (Å²) in [6.45, 7) is 2.20. The predicted octanol–water partition coefficient (Wildman–Crippen LogP) is 1.25. The number of rotatable bonds is 4. The topological polar surface area (TPSA) is 101 Å². The fraction of sp³-hybridized carbons (Fsp3) is 0.400. The van der Waals surface area contributed by atoms with Crippen LogP contribution >= 0.6 is 0 Å². The fourth-order valence-electron chi connectivity index (χ4n) is 2.85. The van der Waals surface area contributed by atoms with E-state index in [4.69, 9.17) is 5.73 Å². The van der Waals surface area contributed by atoms with Crippen LogP contribution in [0.1, 0.15) is 46.9 Å². The number of carboxylic acid groups (broad SMARTS) is 1. The van der Waals surface area contributed by atoms with Crippen LogP contribution in [-0.4, -0.2) is 39.9 Å². The summed E-state index contributed by atoms with van der Waals surface area (Å²) in [4.78, 5) is 36.6. The first-order valence-corrected chi connectivity index (χ1v) is 6.87. The van der Waals surface area contributed by atoms with Crippen molar-refractivity contribution < 1.29 is 19.5 Å². The average molecular weight is 290 g/mol. The molecule has 1 heterocycles. The lowest BCUT2D eigenvalue weighted by Gasteiger charge is -2.34. The molecule has 1 aliphatic rings. The Bertz CT molecular complexity index is 582. The quantitative estimate of drug-likeness (QED) is 0.871. The van der Waals surface area contributed by atoms with E-state index >= 15 is 0 Å². The van der Waals surface area contributed by atoms with Crippen molar-refractivity contribution in [3.63, 3.8) is 0 Å². The summed E-state index contributed by atoms with van der Waals surface area (Å²) in [5.41, 5.74) is 4.70. The second-order valence-corrected chi connectivity index (χ2v) is 5.19. The van der Waals surface area contributed by atoms with Gasteiger partial charge in [0, 0.05) is 17.7 Å². The molecule has 6 nitrogen and oxygen atoms in total. The molecule has 1 saturated heterocycles. The van der Waals surface area contributed by atoms with Crippen molar-refractivity contribution in [2.75, 3.05) is 6.54 Å². The molecule has 1 aromatic rings. The molecular weight excluding hydrogens is 272 g/mol. The monoisotopic (exact) mass is 290 g/mol. The lowest BCUT2D eigenvalue weighted by molar-refractivity contribution is -0.148. The Morgan fingerprint density at radius 2 is 1.81 bits per heavy atom. The summed E-state index contributed by atoms with van der Waals surface area (Å²) in [5.74, 6) is -1.86. The molecule has 21 heavy (non-hydrogen) atoms. The predicted molar refractivity (Wildman–Crippen MR) is 75.9 cm³/mol. The van der Waals surface area contributed by atoms with Crippen molar-refractivity contribution in [2.24, 2.45) is 5.73 Å². The number of carbonyl (C=O) groups excluding carboxylic acids is 2. The maximum atomic E-state index is 12.6. The summed E-state index contributed by atoms with van der Waals surface area (Å²) in [6.07, 6.45) is 1.50. The van der Waals surface area contributed by atoms with Gasteiger partial charge in [-0.2, -0.15) is 0 Å². The van der Waals surface area contributed by atoms with Gasteiger partial charge in [-0.15, -0.1) is 0 Å². The molecule has 2 amide bonds. The van der Waals surface area contributed by atoms with Gasteiger partial charge in [0.15, 0.2) is 0 Å². The number of primary amides is 1. The molecule has 0 spiro atoms. The van der Waals surface area contributed by atoms with E-state index in [-0.39, 0.29) is 5.91 Å². The van der Waals surface area contributed by atoms with Crippen molar-refractivity contribution in [3.8, 4) is 0 Å². The first kappa shape index (κ1) is 15.0. The van der Waals surface area contributed by atoms with E-state index in [9.17, 15) is 19.5 Å². The zero-order valence-corrected chi connectivity index (χ0v) is 11.8. The third kappa shape index (κ3) is 2.49. The normalized spacial score (nSPS) is 21.3. The van der Waals surface area contributed by atoms with E-state index in [0.717, 1.165) is 0 Å². The van der Waals surface area contributed by atoms with Crippen LogP contribution in [-0.2, 0) is 4.79 Å². The summed E-state index contributed by atoms with van der Waals surface area (Å²) in [7, 11) is 0. The van der Waals surface area contributed by atoms with Crippen molar-refractivity contribution in [1.82, 2.24) is 4.90 Å². The van der Waals surface area contributed by atoms with Gasteiger partial charge in [0.2, 0.25) is 5.91 Å². The maximum absolute atomic E-state index is 12.6. The van der Waals surface area contributed by atoms with E-state index in [1.54, 1.807) is 6.92 Å². The first-order valence-electron chi connectivity index (χ1n) is 6.87. The molecule has 0 saturated carbocycles. The standard InChI is InChI=1S/C15H18N2O4/c1-2-15(14(20)21)8-3-9-17(15)13(19)11-6-4-10(5-7-11)12(16)18/h4-7H,2-3,8-9H2,1H3,(H2,16,18)(H,20,21). The Hall–Kier alpha value is -2.37. The molecular formula is C15H18N2O4. The molecule has 0 aliphatic carbocycles. The molecule has 0 bridgehead atoms. The van der Waals surface area contributed by atoms with E-state index in [2.05, 4.69) is 0 Å². The van der Waals surface area contributed by atoms with Gasteiger partial charge in [0.1, 0.15) is 5.54 Å². The van der Waals surface area contributed by atoms with Crippen molar-refractivity contribution >= 4 is 17.8 Å². The van der Waals surface area contributed by atoms with Crippen LogP contribution in [0.15, 0.2) is 24.3 Å². The third-order valence-corrected chi connectivity index (χ3v) is 4.13. The van der Waals surface area contributed by atoms with Gasteiger partial charge in [-0.05, 0) is 43.5 Å². The van der Waals surface area contributed by atoms with E-state index in [0.29, 0.717) is 36.9 Å². The Kier molecular flexibility index (Phi) is 3.97. The molecule has 1 fully saturated rings. The molecule has 0 aromatic heterocycles. The van der Waals surface area contributed by atoms with Gasteiger partial charge in [0.05, 0.1) is 0 Å². The van der Waals surface area contributed by atoms with Crippen LogP contribution in [0.3, 0.4) is 0 Å². The van der Waals surface area contributed by atoms with Gasteiger partial charge in [-0.25, -0.2) is 4.79 Å². The third-order valence-electron chi connectivity index (χ3n) is 4.13. The van der Waals surface area contributed by atoms with Crippen LogP contribution in [0.25, 0.3) is 0 Å². The minimum Gasteiger partial charge on any atom is -0.479 e. The van der Waals surface area contributed by atoms with Crippen molar-refractivity contribution in [2.45, 2.75) is 31.7 Å². The van der Waals surface area contributed by atoms with E-state index in [1.807, 2.05) is 0 Å². The number of aliphatic carboxylic acids is 1.